The molecular formula is C17H23N3O3. The number of hydrogen-bond acceptors (Lipinski definition) is 4. The van der Waals surface area contributed by atoms with Gasteiger partial charge in [-0.05, 0) is 18.8 Å². The predicted octanol–water partition coefficient (Wildman–Crippen LogP) is 2.45. The fourth-order valence-electron chi connectivity index (χ4n) is 4.13. The van der Waals surface area contributed by atoms with E-state index < -0.39 is 17.0 Å². The lowest BCUT2D eigenvalue weighted by atomic mass is 9.68. The number of carbonyl (C=O) groups excluding carboxylic acids is 1. The molecule has 0 bridgehead atoms. The largest absolute Gasteiger partial charge is 0.481 e. The number of carboxylic acid groups (broad SMARTS) is 1. The summed E-state index contributed by atoms with van der Waals surface area (Å²) in [4.78, 5) is 26.0. The van der Waals surface area contributed by atoms with Crippen molar-refractivity contribution in [1.82, 2.24) is 4.90 Å². The second kappa shape index (κ2) is 5.95. The molecule has 1 aliphatic carbocycles. The van der Waals surface area contributed by atoms with Crippen LogP contribution in [-0.2, 0) is 9.59 Å². The maximum Gasteiger partial charge on any atom is 0.311 e. The van der Waals surface area contributed by atoms with Crippen molar-refractivity contribution >= 4 is 11.9 Å². The minimum absolute atomic E-state index is 0.0254. The zero-order chi connectivity index (χ0) is 16.5. The Morgan fingerprint density at radius 1 is 1.30 bits per heavy atom. The molecule has 23 heavy (non-hydrogen) atoms. The lowest BCUT2D eigenvalue weighted by Gasteiger charge is -2.34. The van der Waals surface area contributed by atoms with E-state index in [0.717, 1.165) is 19.3 Å². The molecule has 1 amide bonds. The number of aliphatic carboxylic acids is 1. The zero-order valence-corrected chi connectivity index (χ0v) is 13.3. The molecule has 1 N–H and O–H groups in total. The van der Waals surface area contributed by atoms with Crippen LogP contribution in [0.5, 0.6) is 0 Å². The molecule has 2 aliphatic heterocycles. The van der Waals surface area contributed by atoms with Crippen molar-refractivity contribution < 1.29 is 14.7 Å². The number of hydrogen-bond donors (Lipinski definition) is 1. The Bertz CT molecular complexity index is 574. The molecule has 6 heteroatoms. The fraction of sp³-hybridized carbons (Fsp3) is 0.765. The average molecular weight is 317 g/mol. The molecule has 2 heterocycles. The first-order valence-electron chi connectivity index (χ1n) is 8.40. The first kappa shape index (κ1) is 16.0. The van der Waals surface area contributed by atoms with Gasteiger partial charge in [-0.1, -0.05) is 12.8 Å². The van der Waals surface area contributed by atoms with Gasteiger partial charge in [0.05, 0.1) is 5.41 Å². The summed E-state index contributed by atoms with van der Waals surface area (Å²) in [5.41, 5.74) is -1.16. The van der Waals surface area contributed by atoms with E-state index in [1.165, 1.54) is 0 Å². The fourth-order valence-corrected chi connectivity index (χ4v) is 4.13. The quantitative estimate of drug-likeness (QED) is 0.764. The summed E-state index contributed by atoms with van der Waals surface area (Å²) in [5.74, 6) is 1.96. The lowest BCUT2D eigenvalue weighted by Crippen LogP contribution is -2.41. The lowest BCUT2D eigenvalue weighted by molar-refractivity contribution is -0.152. The van der Waals surface area contributed by atoms with Crippen molar-refractivity contribution in [2.45, 2.75) is 57.0 Å². The molecule has 1 saturated carbocycles. The van der Waals surface area contributed by atoms with Crippen LogP contribution in [0.15, 0.2) is 10.2 Å². The minimum atomic E-state index is -0.741. The highest BCUT2D eigenvalue weighted by Gasteiger charge is 2.54. The van der Waals surface area contributed by atoms with E-state index in [1.807, 2.05) is 0 Å². The van der Waals surface area contributed by atoms with Gasteiger partial charge in [0.15, 0.2) is 5.66 Å². The Kier molecular flexibility index (Phi) is 4.13. The number of likely N-dealkylation sites (tertiary alicyclic amines) is 1. The Hall–Kier alpha value is -1.90. The zero-order valence-electron chi connectivity index (χ0n) is 13.3. The Morgan fingerprint density at radius 2 is 2.09 bits per heavy atom. The van der Waals surface area contributed by atoms with Gasteiger partial charge >= 0.3 is 5.97 Å². The minimum Gasteiger partial charge on any atom is -0.481 e. The number of terminal acetylenes is 1. The number of rotatable bonds is 6. The van der Waals surface area contributed by atoms with E-state index in [9.17, 15) is 14.7 Å². The highest BCUT2D eigenvalue weighted by Crippen LogP contribution is 2.47. The molecule has 0 spiro atoms. The van der Waals surface area contributed by atoms with Crippen LogP contribution < -0.4 is 0 Å². The van der Waals surface area contributed by atoms with E-state index in [-0.39, 0.29) is 11.8 Å². The SMILES string of the molecule is C#CCCC1(CCC(=O)N2C[C@H]3CCCC[C@@]3(C(=O)O)C2)N=N1. The molecule has 0 aromatic heterocycles. The molecular weight excluding hydrogens is 294 g/mol. The average Bonchev–Trinajstić information content (AvgIpc) is 3.20. The van der Waals surface area contributed by atoms with Gasteiger partial charge in [-0.3, -0.25) is 9.59 Å². The number of carbonyl (C=O) groups is 2. The molecule has 0 aromatic rings. The third kappa shape index (κ3) is 2.97. The number of amides is 1. The normalized spacial score (nSPS) is 30.6. The van der Waals surface area contributed by atoms with Crippen LogP contribution >= 0.6 is 0 Å². The van der Waals surface area contributed by atoms with Crippen molar-refractivity contribution in [3.8, 4) is 12.3 Å². The maximum atomic E-state index is 12.5. The molecule has 3 aliphatic rings. The maximum absolute atomic E-state index is 12.5. The van der Waals surface area contributed by atoms with Crippen LogP contribution in [0.2, 0.25) is 0 Å². The summed E-state index contributed by atoms with van der Waals surface area (Å²) in [5, 5.41) is 17.8. The predicted molar refractivity (Wildman–Crippen MR) is 83.5 cm³/mol. The Labute approximate surface area is 136 Å². The first-order valence-corrected chi connectivity index (χ1v) is 8.40. The van der Waals surface area contributed by atoms with Gasteiger partial charge in [0, 0.05) is 38.8 Å². The third-order valence-corrected chi connectivity index (χ3v) is 5.69. The molecule has 6 nitrogen and oxygen atoms in total. The van der Waals surface area contributed by atoms with Gasteiger partial charge in [0.25, 0.3) is 0 Å². The first-order chi connectivity index (χ1) is 11.0. The van der Waals surface area contributed by atoms with Crippen LogP contribution in [0.25, 0.3) is 0 Å². The van der Waals surface area contributed by atoms with Crippen LogP contribution in [0, 0.1) is 23.7 Å². The molecule has 1 saturated heterocycles. The van der Waals surface area contributed by atoms with Gasteiger partial charge in [0.1, 0.15) is 0 Å². The standard InChI is InChI=1S/C17H23N3O3/c1-2-3-9-17(18-19-17)10-7-14(21)20-11-13-6-4-5-8-16(13,12-20)15(22)23/h1,13H,3-12H2,(H,22,23)/t13-,16-/m1/s1. The molecule has 124 valence electrons. The summed E-state index contributed by atoms with van der Waals surface area (Å²) in [6.45, 7) is 0.939. The summed E-state index contributed by atoms with van der Waals surface area (Å²) in [6.07, 6.45) is 11.1. The molecule has 2 fully saturated rings. The van der Waals surface area contributed by atoms with Crippen molar-refractivity contribution in [2.24, 2.45) is 21.6 Å². The van der Waals surface area contributed by atoms with Gasteiger partial charge in [-0.25, -0.2) is 0 Å². The van der Waals surface area contributed by atoms with E-state index >= 15 is 0 Å². The van der Waals surface area contributed by atoms with E-state index in [2.05, 4.69) is 16.1 Å². The summed E-state index contributed by atoms with van der Waals surface area (Å²) in [6, 6.07) is 0. The monoisotopic (exact) mass is 317 g/mol. The van der Waals surface area contributed by atoms with Crippen LogP contribution in [0.1, 0.15) is 51.4 Å². The summed E-state index contributed by atoms with van der Waals surface area (Å²) < 4.78 is 0. The van der Waals surface area contributed by atoms with Crippen LogP contribution in [0.4, 0.5) is 0 Å². The molecule has 2 atom stereocenters. The van der Waals surface area contributed by atoms with Gasteiger partial charge < -0.3 is 10.0 Å². The molecule has 3 rings (SSSR count). The number of carboxylic acids is 1. The van der Waals surface area contributed by atoms with E-state index in [1.54, 1.807) is 4.90 Å². The van der Waals surface area contributed by atoms with Crippen molar-refractivity contribution in [3.63, 3.8) is 0 Å². The van der Waals surface area contributed by atoms with Gasteiger partial charge in [0.2, 0.25) is 5.91 Å². The van der Waals surface area contributed by atoms with Gasteiger partial charge in [-0.2, -0.15) is 10.2 Å². The summed E-state index contributed by atoms with van der Waals surface area (Å²) in [7, 11) is 0. The second-order valence-corrected chi connectivity index (χ2v) is 7.06. The van der Waals surface area contributed by atoms with Crippen molar-refractivity contribution in [3.05, 3.63) is 0 Å². The van der Waals surface area contributed by atoms with E-state index in [0.29, 0.717) is 45.2 Å². The number of nitrogens with zero attached hydrogens (tertiary/aromatic N) is 3. The number of fused-ring (bicyclic) bond motifs is 1. The van der Waals surface area contributed by atoms with Crippen molar-refractivity contribution in [2.75, 3.05) is 13.1 Å². The third-order valence-electron chi connectivity index (χ3n) is 5.69. The molecule has 0 aromatic carbocycles. The highest BCUT2D eigenvalue weighted by atomic mass is 16.4. The highest BCUT2D eigenvalue weighted by molar-refractivity contribution is 5.81. The Balaban J connectivity index is 1.57. The molecule has 0 unspecified atom stereocenters. The van der Waals surface area contributed by atoms with Crippen LogP contribution in [-0.4, -0.2) is 40.6 Å². The molecule has 0 radical (unpaired) electrons. The van der Waals surface area contributed by atoms with Crippen LogP contribution in [0.3, 0.4) is 0 Å². The van der Waals surface area contributed by atoms with Crippen molar-refractivity contribution in [1.29, 1.82) is 0 Å². The Morgan fingerprint density at radius 3 is 2.70 bits per heavy atom. The summed E-state index contributed by atoms with van der Waals surface area (Å²) >= 11 is 0. The smallest absolute Gasteiger partial charge is 0.311 e. The second-order valence-electron chi connectivity index (χ2n) is 7.06. The van der Waals surface area contributed by atoms with E-state index in [4.69, 9.17) is 6.42 Å². The topological polar surface area (TPSA) is 82.3 Å². The van der Waals surface area contributed by atoms with Gasteiger partial charge in [-0.15, -0.1) is 12.3 Å².